The molecule has 1 aliphatic heterocycles. The molecular weight excluding hydrogens is 335 g/mol. The van der Waals surface area contributed by atoms with E-state index in [9.17, 15) is 14.5 Å². The molecule has 0 fully saturated rings. The van der Waals surface area contributed by atoms with Gasteiger partial charge < -0.3 is 5.21 Å². The smallest absolute Gasteiger partial charge is 0.231 e. The maximum Gasteiger partial charge on any atom is 0.231 e. The predicted molar refractivity (Wildman–Crippen MR) is 90.2 cm³/mol. The Balaban J connectivity index is 2.29. The van der Waals surface area contributed by atoms with Crippen LogP contribution in [0.5, 0.6) is 0 Å². The maximum atomic E-state index is 14.3. The third kappa shape index (κ3) is 2.85. The number of hydroxylamine groups is 1. The number of fused-ring (bicyclic) bond motifs is 1. The van der Waals surface area contributed by atoms with Gasteiger partial charge in [0.05, 0.1) is 22.1 Å². The van der Waals surface area contributed by atoms with Crippen molar-refractivity contribution in [3.8, 4) is 0 Å². The van der Waals surface area contributed by atoms with Crippen molar-refractivity contribution in [2.75, 3.05) is 13.6 Å². The zero-order valence-electron chi connectivity index (χ0n) is 12.6. The Bertz CT molecular complexity index is 882. The first kappa shape index (κ1) is 16.1. The number of hydrogen-bond donors (Lipinski definition) is 0. The van der Waals surface area contributed by atoms with Crippen LogP contribution in [0.2, 0.25) is 5.02 Å². The lowest BCUT2D eigenvalue weighted by Crippen LogP contribution is -2.30. The minimum atomic E-state index is -0.537. The van der Waals surface area contributed by atoms with E-state index in [-0.39, 0.29) is 23.7 Å². The zero-order valence-corrected chi connectivity index (χ0v) is 13.4. The van der Waals surface area contributed by atoms with E-state index in [1.165, 1.54) is 25.2 Å². The van der Waals surface area contributed by atoms with E-state index in [2.05, 4.69) is 10.3 Å². The molecule has 6 nitrogen and oxygen atoms in total. The highest BCUT2D eigenvalue weighted by Gasteiger charge is 2.28. The van der Waals surface area contributed by atoms with Crippen LogP contribution >= 0.6 is 11.6 Å². The summed E-state index contributed by atoms with van der Waals surface area (Å²) in [5.41, 5.74) is 1.02. The Morgan fingerprint density at radius 1 is 1.29 bits per heavy atom. The lowest BCUT2D eigenvalue weighted by molar-refractivity contribution is -0.440. The van der Waals surface area contributed by atoms with E-state index in [4.69, 9.17) is 11.6 Å². The topological polar surface area (TPSA) is 71.1 Å². The number of hydrogen-bond acceptors (Lipinski definition) is 4. The summed E-state index contributed by atoms with van der Waals surface area (Å²) in [6.07, 6.45) is 0. The van der Waals surface area contributed by atoms with Crippen LogP contribution in [0.25, 0.3) is 0 Å². The van der Waals surface area contributed by atoms with E-state index >= 15 is 0 Å². The van der Waals surface area contributed by atoms with Gasteiger partial charge in [-0.15, -0.1) is 4.91 Å². The molecule has 2 aromatic rings. The second-order valence-corrected chi connectivity index (χ2v) is 5.60. The van der Waals surface area contributed by atoms with E-state index in [0.717, 1.165) is 5.01 Å². The predicted octanol–water partition coefficient (Wildman–Crippen LogP) is 3.48. The summed E-state index contributed by atoms with van der Waals surface area (Å²) in [5.74, 6) is -0.389. The van der Waals surface area contributed by atoms with Crippen molar-refractivity contribution in [2.45, 2.75) is 0 Å². The van der Waals surface area contributed by atoms with Gasteiger partial charge in [-0.2, -0.15) is 4.74 Å². The van der Waals surface area contributed by atoms with Gasteiger partial charge in [-0.05, 0) is 30.3 Å². The van der Waals surface area contributed by atoms with Crippen molar-refractivity contribution in [3.05, 3.63) is 74.5 Å². The Kier molecular flexibility index (Phi) is 4.26. The van der Waals surface area contributed by atoms with Crippen LogP contribution in [-0.4, -0.2) is 34.9 Å². The molecule has 0 saturated carbocycles. The number of likely N-dealkylation sites (N-methyl/N-ethyl adjacent to an activating group) is 1. The van der Waals surface area contributed by atoms with Crippen LogP contribution in [0.4, 0.5) is 10.1 Å². The van der Waals surface area contributed by atoms with Gasteiger partial charge in [-0.1, -0.05) is 23.7 Å². The fraction of sp³-hybridized carbons (Fsp3) is 0.125. The largest absolute Gasteiger partial charge is 0.623 e. The summed E-state index contributed by atoms with van der Waals surface area (Å²) in [6.45, 7) is -0.252. The fourth-order valence-corrected chi connectivity index (χ4v) is 2.64. The Morgan fingerprint density at radius 3 is 2.75 bits per heavy atom. The average Bonchev–Trinajstić information content (AvgIpc) is 2.71. The highest BCUT2D eigenvalue weighted by Crippen LogP contribution is 2.29. The molecule has 1 heterocycles. The van der Waals surface area contributed by atoms with E-state index in [0.29, 0.717) is 21.0 Å². The molecule has 0 aliphatic carbocycles. The van der Waals surface area contributed by atoms with Gasteiger partial charge in [0, 0.05) is 12.1 Å². The molecule has 0 aromatic heterocycles. The minimum absolute atomic E-state index is 0.101. The Morgan fingerprint density at radius 2 is 2.04 bits per heavy atom. The summed E-state index contributed by atoms with van der Waals surface area (Å²) in [5, 5.41) is 16.8. The monoisotopic (exact) mass is 346 g/mol. The van der Waals surface area contributed by atoms with Gasteiger partial charge in [-0.3, -0.25) is 0 Å². The molecule has 0 spiro atoms. The SMILES string of the molecule is CN(N=O)C1=Nc2ccc(Cl)cc2C(c2ccccc2F)=[N+]([O-])C1. The Hall–Kier alpha value is -2.80. The standard InChI is InChI=1S/C16H12ClFN4O2/c1-21(20-23)15-9-22(24)16(11-4-2-3-5-13(11)18)12-8-10(17)6-7-14(12)19-15/h2-8H,9H2,1H3. The lowest BCUT2D eigenvalue weighted by Gasteiger charge is -2.12. The first-order valence-corrected chi connectivity index (χ1v) is 7.40. The highest BCUT2D eigenvalue weighted by atomic mass is 35.5. The molecule has 24 heavy (non-hydrogen) atoms. The number of benzene rings is 2. The molecule has 0 radical (unpaired) electrons. The number of halogens is 2. The summed E-state index contributed by atoms with van der Waals surface area (Å²) in [6, 6.07) is 10.7. The van der Waals surface area contributed by atoms with Crippen LogP contribution < -0.4 is 0 Å². The lowest BCUT2D eigenvalue weighted by atomic mass is 10.00. The van der Waals surface area contributed by atoms with Gasteiger partial charge in [0.1, 0.15) is 5.82 Å². The number of nitrogens with zero attached hydrogens (tertiary/aromatic N) is 4. The highest BCUT2D eigenvalue weighted by molar-refractivity contribution is 6.31. The average molecular weight is 347 g/mol. The molecular formula is C16H12ClFN4O2. The number of aliphatic imine (C=N–C) groups is 1. The molecule has 3 rings (SSSR count). The van der Waals surface area contributed by atoms with Crippen molar-refractivity contribution in [2.24, 2.45) is 10.3 Å². The van der Waals surface area contributed by atoms with Crippen molar-refractivity contribution in [1.29, 1.82) is 0 Å². The van der Waals surface area contributed by atoms with Crippen molar-refractivity contribution in [3.63, 3.8) is 0 Å². The molecule has 122 valence electrons. The van der Waals surface area contributed by atoms with Gasteiger partial charge in [0.15, 0.2) is 5.84 Å². The second-order valence-electron chi connectivity index (χ2n) is 5.16. The third-order valence-electron chi connectivity index (χ3n) is 3.62. The number of rotatable bonds is 2. The van der Waals surface area contributed by atoms with Crippen molar-refractivity contribution >= 4 is 28.8 Å². The van der Waals surface area contributed by atoms with Crippen LogP contribution in [0.15, 0.2) is 52.7 Å². The molecule has 2 aromatic carbocycles. The normalized spacial score (nSPS) is 13.9. The third-order valence-corrected chi connectivity index (χ3v) is 3.86. The molecule has 0 N–H and O–H groups in total. The van der Waals surface area contributed by atoms with Crippen LogP contribution in [-0.2, 0) is 0 Å². The molecule has 0 amide bonds. The Labute approximate surface area is 142 Å². The number of nitroso groups, excluding NO2 is 1. The fourth-order valence-electron chi connectivity index (χ4n) is 2.47. The van der Waals surface area contributed by atoms with Gasteiger partial charge in [0.25, 0.3) is 0 Å². The van der Waals surface area contributed by atoms with Gasteiger partial charge in [-0.25, -0.2) is 14.4 Å². The van der Waals surface area contributed by atoms with Crippen LogP contribution in [0.1, 0.15) is 11.1 Å². The molecule has 0 atom stereocenters. The summed E-state index contributed by atoms with van der Waals surface area (Å²) in [7, 11) is 1.39. The first-order valence-electron chi connectivity index (χ1n) is 7.02. The first-order chi connectivity index (χ1) is 11.5. The van der Waals surface area contributed by atoms with Crippen LogP contribution in [0, 0.1) is 15.9 Å². The van der Waals surface area contributed by atoms with E-state index in [1.807, 2.05) is 0 Å². The number of amidine groups is 1. The quantitative estimate of drug-likeness (QED) is 0.362. The van der Waals surface area contributed by atoms with Gasteiger partial charge >= 0.3 is 0 Å². The van der Waals surface area contributed by atoms with E-state index in [1.54, 1.807) is 24.3 Å². The van der Waals surface area contributed by atoms with E-state index < -0.39 is 5.82 Å². The molecule has 1 aliphatic rings. The summed E-state index contributed by atoms with van der Waals surface area (Å²) in [4.78, 5) is 15.1. The molecule has 0 bridgehead atoms. The molecule has 0 saturated heterocycles. The summed E-state index contributed by atoms with van der Waals surface area (Å²) < 4.78 is 14.8. The molecule has 8 heteroatoms. The maximum absolute atomic E-state index is 14.3. The van der Waals surface area contributed by atoms with Crippen molar-refractivity contribution in [1.82, 2.24) is 5.01 Å². The van der Waals surface area contributed by atoms with Crippen LogP contribution in [0.3, 0.4) is 0 Å². The summed E-state index contributed by atoms with van der Waals surface area (Å²) >= 11 is 6.04. The minimum Gasteiger partial charge on any atom is -0.623 e. The van der Waals surface area contributed by atoms with Crippen molar-refractivity contribution < 1.29 is 9.13 Å². The van der Waals surface area contributed by atoms with Gasteiger partial charge in [0.2, 0.25) is 12.3 Å². The zero-order chi connectivity index (χ0) is 17.3. The molecule has 0 unspecified atom stereocenters. The second kappa shape index (κ2) is 6.37.